The van der Waals surface area contributed by atoms with Crippen LogP contribution in [0.5, 0.6) is 5.75 Å². The third-order valence-corrected chi connectivity index (χ3v) is 3.44. The van der Waals surface area contributed by atoms with Gasteiger partial charge in [-0.25, -0.2) is 0 Å². The van der Waals surface area contributed by atoms with Crippen LogP contribution in [0.3, 0.4) is 0 Å². The maximum atomic E-state index is 12.2. The highest BCUT2D eigenvalue weighted by Crippen LogP contribution is 2.18. The Morgan fingerprint density at radius 2 is 2.05 bits per heavy atom. The summed E-state index contributed by atoms with van der Waals surface area (Å²) in [5.74, 6) is -0.391. The number of hydrogen-bond acceptors (Lipinski definition) is 3. The van der Waals surface area contributed by atoms with Crippen molar-refractivity contribution >= 4 is 5.91 Å². The minimum Gasteiger partial charge on any atom is -0.435 e. The van der Waals surface area contributed by atoms with Gasteiger partial charge in [-0.3, -0.25) is 4.79 Å². The first kappa shape index (κ1) is 16.4. The summed E-state index contributed by atoms with van der Waals surface area (Å²) in [5.41, 5.74) is 5.50. The Balaban J connectivity index is 2.86. The second-order valence-electron chi connectivity index (χ2n) is 4.55. The van der Waals surface area contributed by atoms with Gasteiger partial charge >= 0.3 is 6.61 Å². The third kappa shape index (κ3) is 4.16. The zero-order chi connectivity index (χ0) is 15.2. The van der Waals surface area contributed by atoms with Crippen LogP contribution in [0.15, 0.2) is 24.3 Å². The van der Waals surface area contributed by atoms with Gasteiger partial charge in [0.25, 0.3) is 5.91 Å². The van der Waals surface area contributed by atoms with Crippen LogP contribution >= 0.6 is 0 Å². The maximum Gasteiger partial charge on any atom is 0.387 e. The van der Waals surface area contributed by atoms with Gasteiger partial charge in [0.2, 0.25) is 0 Å². The summed E-state index contributed by atoms with van der Waals surface area (Å²) < 4.78 is 28.6. The molecule has 4 nitrogen and oxygen atoms in total. The monoisotopic (exact) mass is 286 g/mol. The smallest absolute Gasteiger partial charge is 0.387 e. The molecule has 112 valence electrons. The van der Waals surface area contributed by atoms with Gasteiger partial charge in [0.05, 0.1) is 5.54 Å². The summed E-state index contributed by atoms with van der Waals surface area (Å²) >= 11 is 0. The zero-order valence-electron chi connectivity index (χ0n) is 11.7. The Morgan fingerprint density at radius 1 is 1.40 bits per heavy atom. The van der Waals surface area contributed by atoms with Crippen molar-refractivity contribution in [2.75, 3.05) is 6.54 Å². The number of rotatable bonds is 7. The molecule has 0 atom stereocenters. The molecule has 0 saturated heterocycles. The van der Waals surface area contributed by atoms with Crippen LogP contribution in [0.1, 0.15) is 37.0 Å². The molecule has 0 radical (unpaired) electrons. The molecule has 0 aliphatic heterocycles. The number of carbonyl (C=O) groups is 1. The van der Waals surface area contributed by atoms with Gasteiger partial charge in [-0.05, 0) is 31.0 Å². The summed E-state index contributed by atoms with van der Waals surface area (Å²) in [6, 6.07) is 5.70. The van der Waals surface area contributed by atoms with E-state index in [0.29, 0.717) is 19.4 Å². The molecule has 6 heteroatoms. The molecule has 0 unspecified atom stereocenters. The molecule has 0 saturated carbocycles. The van der Waals surface area contributed by atoms with Gasteiger partial charge < -0.3 is 15.8 Å². The second kappa shape index (κ2) is 7.19. The molecule has 0 spiro atoms. The number of halogens is 2. The van der Waals surface area contributed by atoms with Crippen molar-refractivity contribution in [3.8, 4) is 5.75 Å². The minimum absolute atomic E-state index is 0.0426. The third-order valence-electron chi connectivity index (χ3n) is 3.44. The summed E-state index contributed by atoms with van der Waals surface area (Å²) in [5, 5.41) is 2.87. The first-order valence-corrected chi connectivity index (χ1v) is 6.53. The average Bonchev–Trinajstić information content (AvgIpc) is 2.44. The van der Waals surface area contributed by atoms with E-state index < -0.39 is 12.2 Å². The van der Waals surface area contributed by atoms with Crippen molar-refractivity contribution in [1.29, 1.82) is 0 Å². The SMILES string of the molecule is CCC(CC)(CN)NC(=O)c1cccc(OC(F)F)c1. The number of hydrogen-bond donors (Lipinski definition) is 2. The van der Waals surface area contributed by atoms with E-state index in [1.807, 2.05) is 13.8 Å². The van der Waals surface area contributed by atoms with Crippen molar-refractivity contribution < 1.29 is 18.3 Å². The van der Waals surface area contributed by atoms with E-state index in [-0.39, 0.29) is 17.2 Å². The molecule has 0 bridgehead atoms. The van der Waals surface area contributed by atoms with E-state index in [2.05, 4.69) is 10.1 Å². The molecular formula is C14H20F2N2O2. The lowest BCUT2D eigenvalue weighted by Gasteiger charge is -2.31. The Labute approximate surface area is 117 Å². The van der Waals surface area contributed by atoms with Crippen molar-refractivity contribution in [2.24, 2.45) is 5.73 Å². The van der Waals surface area contributed by atoms with Gasteiger partial charge in [-0.2, -0.15) is 8.78 Å². The number of nitrogens with one attached hydrogen (secondary N) is 1. The van der Waals surface area contributed by atoms with Crippen LogP contribution in [0.4, 0.5) is 8.78 Å². The van der Waals surface area contributed by atoms with Crippen LogP contribution < -0.4 is 15.8 Å². The predicted octanol–water partition coefficient (Wildman–Crippen LogP) is 2.54. The van der Waals surface area contributed by atoms with Gasteiger partial charge in [-0.15, -0.1) is 0 Å². The van der Waals surface area contributed by atoms with Gasteiger partial charge in [0.1, 0.15) is 5.75 Å². The average molecular weight is 286 g/mol. The van der Waals surface area contributed by atoms with Crippen LogP contribution in [0, 0.1) is 0 Å². The molecule has 0 aliphatic carbocycles. The molecule has 0 fully saturated rings. The highest BCUT2D eigenvalue weighted by Gasteiger charge is 2.26. The molecule has 0 heterocycles. The highest BCUT2D eigenvalue weighted by atomic mass is 19.3. The quantitative estimate of drug-likeness (QED) is 0.809. The normalized spacial score (nSPS) is 11.5. The Hall–Kier alpha value is -1.69. The van der Waals surface area contributed by atoms with Gasteiger partial charge in [0.15, 0.2) is 0 Å². The first-order valence-electron chi connectivity index (χ1n) is 6.53. The number of carbonyl (C=O) groups excluding carboxylic acids is 1. The molecule has 1 amide bonds. The summed E-state index contributed by atoms with van der Waals surface area (Å²) in [6.07, 6.45) is 1.39. The number of alkyl halides is 2. The van der Waals surface area contributed by atoms with Crippen LogP contribution in [-0.4, -0.2) is 24.6 Å². The van der Waals surface area contributed by atoms with E-state index in [9.17, 15) is 13.6 Å². The summed E-state index contributed by atoms with van der Waals surface area (Å²) in [6.45, 7) is 1.28. The number of benzene rings is 1. The van der Waals surface area contributed by atoms with Crippen molar-refractivity contribution in [2.45, 2.75) is 38.8 Å². The maximum absolute atomic E-state index is 12.2. The molecule has 0 aromatic heterocycles. The van der Waals surface area contributed by atoms with Crippen LogP contribution in [0.2, 0.25) is 0 Å². The lowest BCUT2D eigenvalue weighted by atomic mass is 9.92. The highest BCUT2D eigenvalue weighted by molar-refractivity contribution is 5.95. The van der Waals surface area contributed by atoms with E-state index in [1.54, 1.807) is 6.07 Å². The molecule has 1 aromatic carbocycles. The Bertz CT molecular complexity index is 440. The fraction of sp³-hybridized carbons (Fsp3) is 0.500. The van der Waals surface area contributed by atoms with Crippen LogP contribution in [0.25, 0.3) is 0 Å². The van der Waals surface area contributed by atoms with Gasteiger partial charge in [0, 0.05) is 12.1 Å². The summed E-state index contributed by atoms with van der Waals surface area (Å²) in [7, 11) is 0. The van der Waals surface area contributed by atoms with Gasteiger partial charge in [-0.1, -0.05) is 19.9 Å². The fourth-order valence-electron chi connectivity index (χ4n) is 1.89. The lowest BCUT2D eigenvalue weighted by molar-refractivity contribution is -0.0498. The molecule has 3 N–H and O–H groups in total. The fourth-order valence-corrected chi connectivity index (χ4v) is 1.89. The standard InChI is InChI=1S/C14H20F2N2O2/c1-3-14(4-2,9-17)18-12(19)10-6-5-7-11(8-10)20-13(15)16/h5-8,13H,3-4,9,17H2,1-2H3,(H,18,19). The predicted molar refractivity (Wildman–Crippen MR) is 72.9 cm³/mol. The molecule has 0 aliphatic rings. The molecule has 1 aromatic rings. The molecule has 20 heavy (non-hydrogen) atoms. The molecular weight excluding hydrogens is 266 g/mol. The van der Waals surface area contributed by atoms with Crippen molar-refractivity contribution in [1.82, 2.24) is 5.32 Å². The first-order chi connectivity index (χ1) is 9.46. The van der Waals surface area contributed by atoms with Crippen LogP contribution in [-0.2, 0) is 0 Å². The number of ether oxygens (including phenoxy) is 1. The molecule has 1 rings (SSSR count). The Kier molecular flexibility index (Phi) is 5.88. The van der Waals surface area contributed by atoms with E-state index in [4.69, 9.17) is 5.73 Å². The van der Waals surface area contributed by atoms with E-state index in [0.717, 1.165) is 0 Å². The number of amides is 1. The minimum atomic E-state index is -2.91. The van der Waals surface area contributed by atoms with E-state index >= 15 is 0 Å². The lowest BCUT2D eigenvalue weighted by Crippen LogP contribution is -2.52. The summed E-state index contributed by atoms with van der Waals surface area (Å²) in [4.78, 5) is 12.2. The second-order valence-corrected chi connectivity index (χ2v) is 4.55. The zero-order valence-corrected chi connectivity index (χ0v) is 11.7. The largest absolute Gasteiger partial charge is 0.435 e. The Morgan fingerprint density at radius 3 is 2.55 bits per heavy atom. The topological polar surface area (TPSA) is 64.3 Å². The van der Waals surface area contributed by atoms with Crippen molar-refractivity contribution in [3.63, 3.8) is 0 Å². The number of nitrogens with two attached hydrogens (primary N) is 1. The van der Waals surface area contributed by atoms with E-state index in [1.165, 1.54) is 18.2 Å². The van der Waals surface area contributed by atoms with Crippen molar-refractivity contribution in [3.05, 3.63) is 29.8 Å².